The molecule has 2 heteroatoms. The molecular formula is C8H13FS. The molecule has 1 aliphatic rings. The van der Waals surface area contributed by atoms with Crippen molar-refractivity contribution in [2.24, 2.45) is 11.3 Å². The summed E-state index contributed by atoms with van der Waals surface area (Å²) >= 11 is 3.92. The van der Waals surface area contributed by atoms with Crippen molar-refractivity contribution in [2.45, 2.75) is 25.3 Å². The Morgan fingerprint density at radius 2 is 2.30 bits per heavy atom. The van der Waals surface area contributed by atoms with Crippen molar-refractivity contribution in [1.82, 2.24) is 0 Å². The van der Waals surface area contributed by atoms with E-state index in [1.54, 1.807) is 6.08 Å². The van der Waals surface area contributed by atoms with Gasteiger partial charge < -0.3 is 0 Å². The molecule has 0 aliphatic heterocycles. The molecule has 0 aromatic rings. The van der Waals surface area contributed by atoms with Crippen LogP contribution in [0.15, 0.2) is 12.7 Å². The summed E-state index contributed by atoms with van der Waals surface area (Å²) in [6, 6.07) is 0. The molecule has 1 saturated carbocycles. The number of hydrogen-bond acceptors (Lipinski definition) is 1. The van der Waals surface area contributed by atoms with E-state index in [9.17, 15) is 4.39 Å². The second-order valence-corrected chi connectivity index (χ2v) is 4.06. The van der Waals surface area contributed by atoms with Crippen LogP contribution in [0.1, 0.15) is 20.3 Å². The fourth-order valence-electron chi connectivity index (χ4n) is 1.44. The van der Waals surface area contributed by atoms with Gasteiger partial charge in [-0.25, -0.2) is 4.39 Å². The van der Waals surface area contributed by atoms with E-state index >= 15 is 0 Å². The lowest BCUT2D eigenvalue weighted by Gasteiger charge is -2.53. The van der Waals surface area contributed by atoms with Gasteiger partial charge in [-0.2, -0.15) is 0 Å². The first-order valence-electron chi connectivity index (χ1n) is 3.49. The molecule has 0 heterocycles. The highest BCUT2D eigenvalue weighted by molar-refractivity contribution is 7.81. The zero-order chi connectivity index (χ0) is 7.99. The molecule has 0 nitrogen and oxygen atoms in total. The molecule has 1 aliphatic carbocycles. The predicted octanol–water partition coefficient (Wildman–Crippen LogP) is 2.81. The first-order valence-corrected chi connectivity index (χ1v) is 3.93. The largest absolute Gasteiger partial charge is 0.231 e. The van der Waals surface area contributed by atoms with Gasteiger partial charge in [0.05, 0.1) is 0 Å². The number of hydrogen-bond donors (Lipinski definition) is 1. The molecule has 10 heavy (non-hydrogen) atoms. The lowest BCUT2D eigenvalue weighted by molar-refractivity contribution is -0.0363. The second-order valence-electron chi connectivity index (χ2n) is 3.35. The number of allylic oxidation sites excluding steroid dienone is 1. The van der Waals surface area contributed by atoms with E-state index in [4.69, 9.17) is 0 Å². The molecule has 0 aromatic heterocycles. The summed E-state index contributed by atoms with van der Waals surface area (Å²) in [4.78, 5) is 0. The van der Waals surface area contributed by atoms with Gasteiger partial charge in [0.15, 0.2) is 5.00 Å². The Labute approximate surface area is 66.9 Å². The first kappa shape index (κ1) is 8.12. The van der Waals surface area contributed by atoms with E-state index < -0.39 is 10.4 Å². The highest BCUT2D eigenvalue weighted by Gasteiger charge is 2.58. The Kier molecular flexibility index (Phi) is 1.63. The van der Waals surface area contributed by atoms with Crippen molar-refractivity contribution in [3.63, 3.8) is 0 Å². The minimum atomic E-state index is -1.33. The maximum atomic E-state index is 13.3. The van der Waals surface area contributed by atoms with Crippen LogP contribution in [0.25, 0.3) is 0 Å². The smallest absolute Gasteiger partial charge is 0.162 e. The Morgan fingerprint density at radius 1 is 1.80 bits per heavy atom. The van der Waals surface area contributed by atoms with E-state index in [2.05, 4.69) is 19.2 Å². The molecule has 0 bridgehead atoms. The SMILES string of the molecule is C=C[C@@]1(C)[C@H](C)CC1(F)S. The second kappa shape index (κ2) is 2.00. The first-order chi connectivity index (χ1) is 4.44. The molecule has 0 saturated heterocycles. The van der Waals surface area contributed by atoms with Gasteiger partial charge in [0, 0.05) is 5.41 Å². The van der Waals surface area contributed by atoms with E-state index in [0.29, 0.717) is 12.3 Å². The number of halogens is 1. The van der Waals surface area contributed by atoms with Gasteiger partial charge in [-0.1, -0.05) is 19.9 Å². The quantitative estimate of drug-likeness (QED) is 0.442. The Balaban J connectivity index is 2.83. The van der Waals surface area contributed by atoms with Crippen LogP contribution in [0.2, 0.25) is 0 Å². The van der Waals surface area contributed by atoms with Crippen LogP contribution in [-0.4, -0.2) is 5.00 Å². The van der Waals surface area contributed by atoms with Crippen LogP contribution in [0.5, 0.6) is 0 Å². The van der Waals surface area contributed by atoms with E-state index in [1.807, 2.05) is 13.8 Å². The molecule has 3 atom stereocenters. The summed E-state index contributed by atoms with van der Waals surface area (Å²) in [5.74, 6) is 0.368. The minimum Gasteiger partial charge on any atom is -0.231 e. The van der Waals surface area contributed by atoms with Crippen LogP contribution in [0, 0.1) is 11.3 Å². The summed E-state index contributed by atoms with van der Waals surface area (Å²) in [5.41, 5.74) is -0.421. The number of rotatable bonds is 1. The van der Waals surface area contributed by atoms with Gasteiger partial charge in [-0.3, -0.25) is 0 Å². The van der Waals surface area contributed by atoms with Gasteiger partial charge in [0.1, 0.15) is 0 Å². The normalized spacial score (nSPS) is 53.8. The molecule has 0 aromatic carbocycles. The van der Waals surface area contributed by atoms with Crippen molar-refractivity contribution in [2.75, 3.05) is 0 Å². The zero-order valence-electron chi connectivity index (χ0n) is 6.39. The summed E-state index contributed by atoms with van der Waals surface area (Å²) in [5, 5.41) is -1.33. The Hall–Kier alpha value is 0.0200. The lowest BCUT2D eigenvalue weighted by Crippen LogP contribution is -2.53. The average Bonchev–Trinajstić information content (AvgIpc) is 1.85. The Morgan fingerprint density at radius 3 is 2.40 bits per heavy atom. The van der Waals surface area contributed by atoms with E-state index in [1.165, 1.54) is 0 Å². The molecule has 0 spiro atoms. The third kappa shape index (κ3) is 0.746. The molecule has 1 unspecified atom stereocenters. The topological polar surface area (TPSA) is 0 Å². The van der Waals surface area contributed by atoms with Crippen LogP contribution in [-0.2, 0) is 0 Å². The van der Waals surface area contributed by atoms with E-state index in [0.717, 1.165) is 0 Å². The van der Waals surface area contributed by atoms with Crippen LogP contribution in [0.4, 0.5) is 4.39 Å². The van der Waals surface area contributed by atoms with Gasteiger partial charge in [0.2, 0.25) is 0 Å². The van der Waals surface area contributed by atoms with Crippen molar-refractivity contribution in [1.29, 1.82) is 0 Å². The molecule has 1 fully saturated rings. The molecule has 0 N–H and O–H groups in total. The standard InChI is InChI=1S/C8H13FS/c1-4-7(3)6(2)5-8(7,9)10/h4,6,10H,1,5H2,2-3H3/t6-,7+,8?/m1/s1. The van der Waals surface area contributed by atoms with Crippen LogP contribution >= 0.6 is 12.6 Å². The minimum absolute atomic E-state index is 0.368. The highest BCUT2D eigenvalue weighted by atomic mass is 32.1. The maximum Gasteiger partial charge on any atom is 0.162 e. The van der Waals surface area contributed by atoms with Crippen LogP contribution < -0.4 is 0 Å². The average molecular weight is 160 g/mol. The van der Waals surface area contributed by atoms with Crippen molar-refractivity contribution >= 4 is 12.6 Å². The number of alkyl halides is 1. The fourth-order valence-corrected chi connectivity index (χ4v) is 2.03. The molecule has 0 amide bonds. The third-order valence-corrected chi connectivity index (χ3v) is 3.51. The van der Waals surface area contributed by atoms with Crippen LogP contribution in [0.3, 0.4) is 0 Å². The van der Waals surface area contributed by atoms with Crippen molar-refractivity contribution < 1.29 is 4.39 Å². The third-order valence-electron chi connectivity index (χ3n) is 2.85. The molecule has 0 radical (unpaired) electrons. The lowest BCUT2D eigenvalue weighted by atomic mass is 9.60. The van der Waals surface area contributed by atoms with Gasteiger partial charge in [0.25, 0.3) is 0 Å². The predicted molar refractivity (Wildman–Crippen MR) is 44.9 cm³/mol. The van der Waals surface area contributed by atoms with Gasteiger partial charge in [-0.05, 0) is 12.3 Å². The molecule has 1 rings (SSSR count). The summed E-state index contributed by atoms with van der Waals surface area (Å²) < 4.78 is 13.3. The van der Waals surface area contributed by atoms with Gasteiger partial charge >= 0.3 is 0 Å². The highest BCUT2D eigenvalue weighted by Crippen LogP contribution is 2.59. The summed E-state index contributed by atoms with van der Waals surface area (Å²) in [6.45, 7) is 7.50. The maximum absolute atomic E-state index is 13.3. The zero-order valence-corrected chi connectivity index (χ0v) is 7.29. The summed E-state index contributed by atoms with van der Waals surface area (Å²) in [6.07, 6.45) is 2.22. The van der Waals surface area contributed by atoms with Crippen molar-refractivity contribution in [3.8, 4) is 0 Å². The number of thiol groups is 1. The Bertz CT molecular complexity index is 165. The van der Waals surface area contributed by atoms with Gasteiger partial charge in [-0.15, -0.1) is 19.2 Å². The molecule has 58 valence electrons. The monoisotopic (exact) mass is 160 g/mol. The fraction of sp³-hybridized carbons (Fsp3) is 0.750. The van der Waals surface area contributed by atoms with E-state index in [-0.39, 0.29) is 0 Å². The van der Waals surface area contributed by atoms with Crippen molar-refractivity contribution in [3.05, 3.63) is 12.7 Å². The summed E-state index contributed by atoms with van der Waals surface area (Å²) in [7, 11) is 0. The molecular weight excluding hydrogens is 147 g/mol.